The third-order valence-corrected chi connectivity index (χ3v) is 2.83. The van der Waals surface area contributed by atoms with Gasteiger partial charge in [0, 0.05) is 5.02 Å². The number of amidine groups is 1. The predicted octanol–water partition coefficient (Wildman–Crippen LogP) is 3.82. The number of ether oxygens (including phenoxy) is 2. The van der Waals surface area contributed by atoms with Crippen LogP contribution >= 0.6 is 11.6 Å². The highest BCUT2D eigenvalue weighted by Gasteiger charge is 2.09. The molecule has 0 saturated carbocycles. The first kappa shape index (κ1) is 14.2. The van der Waals surface area contributed by atoms with E-state index >= 15 is 0 Å². The fourth-order valence-corrected chi connectivity index (χ4v) is 1.87. The molecule has 0 fully saturated rings. The van der Waals surface area contributed by atoms with E-state index in [1.807, 2.05) is 19.1 Å². The predicted molar refractivity (Wildman–Crippen MR) is 80.2 cm³/mol. The molecule has 0 aliphatic heterocycles. The van der Waals surface area contributed by atoms with Crippen LogP contribution < -0.4 is 15.2 Å². The Morgan fingerprint density at radius 1 is 1.15 bits per heavy atom. The molecule has 2 rings (SSSR count). The SMILES string of the molecule is CCOc1ccc(Oc2ccc(Cl)cc2C(=N)N)cc1. The van der Waals surface area contributed by atoms with Crippen LogP contribution in [0.5, 0.6) is 17.2 Å². The molecule has 0 unspecified atom stereocenters. The molecule has 0 spiro atoms. The van der Waals surface area contributed by atoms with Gasteiger partial charge in [0.25, 0.3) is 0 Å². The first-order valence-corrected chi connectivity index (χ1v) is 6.52. The van der Waals surface area contributed by atoms with Crippen LogP contribution in [0.2, 0.25) is 5.02 Å². The van der Waals surface area contributed by atoms with Crippen molar-refractivity contribution >= 4 is 17.4 Å². The average Bonchev–Trinajstić information content (AvgIpc) is 2.43. The molecule has 2 aromatic rings. The van der Waals surface area contributed by atoms with E-state index < -0.39 is 0 Å². The van der Waals surface area contributed by atoms with Gasteiger partial charge in [-0.3, -0.25) is 5.41 Å². The first-order valence-electron chi connectivity index (χ1n) is 6.15. The standard InChI is InChI=1S/C15H15ClN2O2/c1-2-19-11-4-6-12(7-5-11)20-14-8-3-10(16)9-13(14)15(17)18/h3-9H,2H2,1H3,(H3,17,18). The number of nitrogen functional groups attached to an aromatic ring is 1. The van der Waals surface area contributed by atoms with Crippen LogP contribution in [0.25, 0.3) is 0 Å². The van der Waals surface area contributed by atoms with Gasteiger partial charge in [-0.2, -0.15) is 0 Å². The smallest absolute Gasteiger partial charge is 0.138 e. The van der Waals surface area contributed by atoms with E-state index in [0.29, 0.717) is 28.7 Å². The molecule has 5 heteroatoms. The quantitative estimate of drug-likeness (QED) is 0.650. The Kier molecular flexibility index (Phi) is 4.48. The summed E-state index contributed by atoms with van der Waals surface area (Å²) in [5, 5.41) is 8.06. The Morgan fingerprint density at radius 3 is 2.40 bits per heavy atom. The first-order chi connectivity index (χ1) is 9.60. The number of halogens is 1. The number of hydrogen-bond donors (Lipinski definition) is 2. The number of nitrogens with two attached hydrogens (primary N) is 1. The van der Waals surface area contributed by atoms with Gasteiger partial charge in [-0.1, -0.05) is 11.6 Å². The normalized spacial score (nSPS) is 10.1. The Balaban J connectivity index is 2.23. The van der Waals surface area contributed by atoms with Crippen LogP contribution in [0.3, 0.4) is 0 Å². The zero-order valence-corrected chi connectivity index (χ0v) is 11.8. The fourth-order valence-electron chi connectivity index (χ4n) is 1.70. The number of hydrogen-bond acceptors (Lipinski definition) is 3. The fraction of sp³-hybridized carbons (Fsp3) is 0.133. The summed E-state index contributed by atoms with van der Waals surface area (Å²) >= 11 is 5.90. The van der Waals surface area contributed by atoms with Crippen molar-refractivity contribution in [3.63, 3.8) is 0 Å². The lowest BCUT2D eigenvalue weighted by molar-refractivity contribution is 0.339. The molecule has 0 radical (unpaired) electrons. The van der Waals surface area contributed by atoms with Crippen molar-refractivity contribution in [3.8, 4) is 17.2 Å². The van der Waals surface area contributed by atoms with E-state index in [2.05, 4.69) is 0 Å². The molecular formula is C15H15ClN2O2. The van der Waals surface area contributed by atoms with Crippen molar-refractivity contribution in [3.05, 3.63) is 53.1 Å². The molecule has 0 heterocycles. The van der Waals surface area contributed by atoms with Crippen LogP contribution in [0.4, 0.5) is 0 Å². The van der Waals surface area contributed by atoms with Gasteiger partial charge in [0.2, 0.25) is 0 Å². The molecule has 104 valence electrons. The number of rotatable bonds is 5. The molecule has 0 bridgehead atoms. The van der Waals surface area contributed by atoms with Gasteiger partial charge >= 0.3 is 0 Å². The van der Waals surface area contributed by atoms with Crippen molar-refractivity contribution in [2.75, 3.05) is 6.61 Å². The van der Waals surface area contributed by atoms with Gasteiger partial charge in [0.05, 0.1) is 12.2 Å². The highest BCUT2D eigenvalue weighted by Crippen LogP contribution is 2.28. The third-order valence-electron chi connectivity index (χ3n) is 2.59. The van der Waals surface area contributed by atoms with Gasteiger partial charge in [0.15, 0.2) is 0 Å². The Hall–Kier alpha value is -2.20. The van der Waals surface area contributed by atoms with E-state index in [1.54, 1.807) is 30.3 Å². The van der Waals surface area contributed by atoms with E-state index in [-0.39, 0.29) is 5.84 Å². The molecule has 0 aliphatic carbocycles. The van der Waals surface area contributed by atoms with Crippen molar-refractivity contribution in [1.29, 1.82) is 5.41 Å². The summed E-state index contributed by atoms with van der Waals surface area (Å²) < 4.78 is 11.1. The minimum absolute atomic E-state index is 0.0894. The Bertz CT molecular complexity index is 612. The third kappa shape index (κ3) is 3.42. The monoisotopic (exact) mass is 290 g/mol. The molecule has 0 amide bonds. The van der Waals surface area contributed by atoms with E-state index in [9.17, 15) is 0 Å². The van der Waals surface area contributed by atoms with Crippen LogP contribution in [0.1, 0.15) is 12.5 Å². The lowest BCUT2D eigenvalue weighted by Gasteiger charge is -2.11. The molecular weight excluding hydrogens is 276 g/mol. The summed E-state index contributed by atoms with van der Waals surface area (Å²) in [6.45, 7) is 2.54. The lowest BCUT2D eigenvalue weighted by Crippen LogP contribution is -2.12. The molecule has 2 aromatic carbocycles. The maximum Gasteiger partial charge on any atom is 0.138 e. The highest BCUT2D eigenvalue weighted by atomic mass is 35.5. The second-order valence-electron chi connectivity index (χ2n) is 4.06. The molecule has 0 saturated heterocycles. The minimum Gasteiger partial charge on any atom is -0.494 e. The number of benzene rings is 2. The summed E-state index contributed by atoms with van der Waals surface area (Å²) in [7, 11) is 0. The maximum absolute atomic E-state index is 7.55. The summed E-state index contributed by atoms with van der Waals surface area (Å²) in [6.07, 6.45) is 0. The van der Waals surface area contributed by atoms with Crippen molar-refractivity contribution < 1.29 is 9.47 Å². The van der Waals surface area contributed by atoms with Gasteiger partial charge < -0.3 is 15.2 Å². The van der Waals surface area contributed by atoms with Crippen molar-refractivity contribution in [1.82, 2.24) is 0 Å². The number of nitrogens with one attached hydrogen (secondary N) is 1. The van der Waals surface area contributed by atoms with E-state index in [1.165, 1.54) is 0 Å². The van der Waals surface area contributed by atoms with Crippen LogP contribution in [0.15, 0.2) is 42.5 Å². The second kappa shape index (κ2) is 6.30. The van der Waals surface area contributed by atoms with Crippen LogP contribution in [-0.2, 0) is 0 Å². The zero-order valence-electron chi connectivity index (χ0n) is 11.0. The van der Waals surface area contributed by atoms with E-state index in [4.69, 9.17) is 32.2 Å². The lowest BCUT2D eigenvalue weighted by atomic mass is 10.2. The van der Waals surface area contributed by atoms with Crippen LogP contribution in [-0.4, -0.2) is 12.4 Å². The summed E-state index contributed by atoms with van der Waals surface area (Å²) in [5.41, 5.74) is 5.99. The van der Waals surface area contributed by atoms with Gasteiger partial charge in [-0.05, 0) is 49.4 Å². The van der Waals surface area contributed by atoms with Gasteiger partial charge in [-0.15, -0.1) is 0 Å². The van der Waals surface area contributed by atoms with Crippen molar-refractivity contribution in [2.24, 2.45) is 5.73 Å². The molecule has 20 heavy (non-hydrogen) atoms. The Morgan fingerprint density at radius 2 is 1.80 bits per heavy atom. The van der Waals surface area contributed by atoms with Gasteiger partial charge in [-0.25, -0.2) is 0 Å². The summed E-state index contributed by atoms with van der Waals surface area (Å²) in [5.74, 6) is 1.82. The zero-order chi connectivity index (χ0) is 14.5. The van der Waals surface area contributed by atoms with Crippen LogP contribution in [0, 0.1) is 5.41 Å². The molecule has 0 atom stereocenters. The van der Waals surface area contributed by atoms with Crippen molar-refractivity contribution in [2.45, 2.75) is 6.92 Å². The molecule has 4 nitrogen and oxygen atoms in total. The Labute approximate surface area is 122 Å². The largest absolute Gasteiger partial charge is 0.494 e. The second-order valence-corrected chi connectivity index (χ2v) is 4.50. The van der Waals surface area contributed by atoms with E-state index in [0.717, 1.165) is 5.75 Å². The summed E-state index contributed by atoms with van der Waals surface area (Å²) in [6, 6.07) is 12.2. The summed E-state index contributed by atoms with van der Waals surface area (Å²) in [4.78, 5) is 0. The highest BCUT2D eigenvalue weighted by molar-refractivity contribution is 6.31. The average molecular weight is 291 g/mol. The molecule has 0 aliphatic rings. The molecule has 0 aromatic heterocycles. The minimum atomic E-state index is -0.0894. The molecule has 3 N–H and O–H groups in total. The topological polar surface area (TPSA) is 68.3 Å². The maximum atomic E-state index is 7.55. The van der Waals surface area contributed by atoms with Gasteiger partial charge in [0.1, 0.15) is 23.1 Å².